The van der Waals surface area contributed by atoms with Crippen LogP contribution in [-0.2, 0) is 17.8 Å². The number of piperazine rings is 1. The molecule has 0 spiro atoms. The standard InChI is InChI=1S/C36H42N10O5/c1-4-23-30(43-12-13-44(25-7-5-6-24(25)43)34(50)29-31(48)20(2)38-19-39-29)32(49)28-33(42-46(41-28)22-10-11-37-27(14-22)51-3)45(23)15-26(47)40-36-16-35(17-36,18-36)21-8-9-21/h10-11,14,19,21,24-25,48H,4-9,12-13,15-18H2,1-3H3,(H,40,47)/t24-,25-,35?,36?/m0/s1. The monoisotopic (exact) mass is 694 g/mol. The Hall–Kier alpha value is -5.08. The number of carbonyl (C=O) groups is 2. The van der Waals surface area contributed by atoms with Gasteiger partial charge in [0.05, 0.1) is 24.5 Å². The van der Waals surface area contributed by atoms with Crippen molar-refractivity contribution in [2.24, 2.45) is 11.3 Å². The molecule has 15 heteroatoms. The van der Waals surface area contributed by atoms with Crippen molar-refractivity contribution in [3.63, 3.8) is 0 Å². The summed E-state index contributed by atoms with van der Waals surface area (Å²) in [6.07, 6.45) is 11.6. The van der Waals surface area contributed by atoms with Crippen LogP contribution in [0.5, 0.6) is 11.6 Å². The second-order valence-electron chi connectivity index (χ2n) is 15.2. The molecule has 0 unspecified atom stereocenters. The molecular formula is C36H42N10O5. The topological polar surface area (TPSA) is 173 Å². The van der Waals surface area contributed by atoms with Crippen molar-refractivity contribution in [3.8, 4) is 17.3 Å². The van der Waals surface area contributed by atoms with Gasteiger partial charge in [-0.15, -0.1) is 15.0 Å². The van der Waals surface area contributed by atoms with Crippen LogP contribution in [0.1, 0.15) is 80.2 Å². The van der Waals surface area contributed by atoms with E-state index in [0.717, 1.165) is 44.4 Å². The third kappa shape index (κ3) is 4.90. The zero-order valence-corrected chi connectivity index (χ0v) is 29.1. The van der Waals surface area contributed by atoms with E-state index in [1.165, 1.54) is 31.1 Å². The lowest BCUT2D eigenvalue weighted by atomic mass is 9.37. The summed E-state index contributed by atoms with van der Waals surface area (Å²) in [5, 5.41) is 23.5. The van der Waals surface area contributed by atoms with Crippen LogP contribution in [0.25, 0.3) is 16.9 Å². The Morgan fingerprint density at radius 3 is 2.59 bits per heavy atom. The first-order chi connectivity index (χ1) is 24.6. The average molecular weight is 695 g/mol. The van der Waals surface area contributed by atoms with Gasteiger partial charge in [0, 0.05) is 42.6 Å². The molecule has 2 bridgehead atoms. The highest BCUT2D eigenvalue weighted by molar-refractivity contribution is 5.95. The maximum absolute atomic E-state index is 14.7. The number of nitrogens with one attached hydrogen (secondary N) is 1. The van der Waals surface area contributed by atoms with E-state index in [1.807, 2.05) is 11.5 Å². The number of amides is 2. The minimum atomic E-state index is -0.345. The summed E-state index contributed by atoms with van der Waals surface area (Å²) in [7, 11) is 1.53. The highest BCUT2D eigenvalue weighted by atomic mass is 16.5. The second-order valence-corrected chi connectivity index (χ2v) is 15.2. The highest BCUT2D eigenvalue weighted by Gasteiger charge is 2.72. The first-order valence-electron chi connectivity index (χ1n) is 18.1. The number of aryl methyl sites for hydroxylation is 1. The van der Waals surface area contributed by atoms with Crippen LogP contribution in [0.4, 0.5) is 5.69 Å². The minimum absolute atomic E-state index is 0.00236. The summed E-state index contributed by atoms with van der Waals surface area (Å²) in [4.78, 5) is 60.0. The van der Waals surface area contributed by atoms with Crippen molar-refractivity contribution in [2.45, 2.75) is 95.8 Å². The van der Waals surface area contributed by atoms with Crippen LogP contribution in [0.15, 0.2) is 29.5 Å². The number of aromatic nitrogens is 7. The highest BCUT2D eigenvalue weighted by Crippen LogP contribution is 2.75. The largest absolute Gasteiger partial charge is 0.504 e. The molecule has 10 rings (SSSR count). The first kappa shape index (κ1) is 31.9. The second kappa shape index (κ2) is 11.5. The molecule has 2 amide bonds. The molecule has 266 valence electrons. The van der Waals surface area contributed by atoms with E-state index in [4.69, 9.17) is 14.9 Å². The van der Waals surface area contributed by atoms with Gasteiger partial charge >= 0.3 is 0 Å². The number of hydrogen-bond donors (Lipinski definition) is 2. The molecule has 0 radical (unpaired) electrons. The van der Waals surface area contributed by atoms with Crippen LogP contribution < -0.4 is 20.4 Å². The number of aromatic hydroxyl groups is 1. The fourth-order valence-electron chi connectivity index (χ4n) is 9.79. The van der Waals surface area contributed by atoms with Gasteiger partial charge in [0.25, 0.3) is 5.91 Å². The molecule has 4 aromatic heterocycles. The Morgan fingerprint density at radius 2 is 1.84 bits per heavy atom. The Kier molecular flexibility index (Phi) is 7.17. The van der Waals surface area contributed by atoms with E-state index in [9.17, 15) is 19.5 Å². The van der Waals surface area contributed by atoms with Crippen LogP contribution in [0.2, 0.25) is 0 Å². The predicted molar refractivity (Wildman–Crippen MR) is 185 cm³/mol. The van der Waals surface area contributed by atoms with E-state index in [0.29, 0.717) is 59.2 Å². The number of hydrogen-bond acceptors (Lipinski definition) is 11. The van der Waals surface area contributed by atoms with Gasteiger partial charge in [-0.05, 0) is 82.1 Å². The lowest BCUT2D eigenvalue weighted by molar-refractivity contribution is -0.176. The number of methoxy groups -OCH3 is 1. The van der Waals surface area contributed by atoms with Gasteiger partial charge in [-0.3, -0.25) is 14.4 Å². The summed E-state index contributed by atoms with van der Waals surface area (Å²) in [6, 6.07) is 3.08. The van der Waals surface area contributed by atoms with Crippen molar-refractivity contribution < 1.29 is 19.4 Å². The van der Waals surface area contributed by atoms with Crippen molar-refractivity contribution in [2.75, 3.05) is 25.1 Å². The van der Waals surface area contributed by atoms with Crippen molar-refractivity contribution in [1.82, 2.24) is 44.7 Å². The fourth-order valence-corrected chi connectivity index (χ4v) is 9.79. The third-order valence-corrected chi connectivity index (χ3v) is 12.2. The Bertz CT molecular complexity index is 2140. The van der Waals surface area contributed by atoms with Gasteiger partial charge < -0.3 is 29.5 Å². The Morgan fingerprint density at radius 1 is 1.06 bits per heavy atom. The molecule has 5 saturated carbocycles. The Balaban J connectivity index is 1.10. The molecule has 51 heavy (non-hydrogen) atoms. The summed E-state index contributed by atoms with van der Waals surface area (Å²) < 4.78 is 7.20. The predicted octanol–water partition coefficient (Wildman–Crippen LogP) is 2.68. The fraction of sp³-hybridized carbons (Fsp3) is 0.556. The molecule has 6 aliphatic rings. The number of nitrogens with zero attached hydrogens (tertiary/aromatic N) is 9. The van der Waals surface area contributed by atoms with E-state index in [-0.39, 0.29) is 58.4 Å². The smallest absolute Gasteiger partial charge is 0.276 e. The minimum Gasteiger partial charge on any atom is -0.504 e. The number of anilines is 1. The molecule has 5 aliphatic carbocycles. The van der Waals surface area contributed by atoms with Crippen molar-refractivity contribution >= 4 is 28.7 Å². The van der Waals surface area contributed by atoms with Crippen molar-refractivity contribution in [3.05, 3.63) is 52.0 Å². The van der Waals surface area contributed by atoms with Crippen LogP contribution >= 0.6 is 0 Å². The van der Waals surface area contributed by atoms with Gasteiger partial charge in [0.1, 0.15) is 18.6 Å². The lowest BCUT2D eigenvalue weighted by Gasteiger charge is -2.71. The molecule has 5 heterocycles. The number of carbonyl (C=O) groups excluding carboxylic acids is 2. The summed E-state index contributed by atoms with van der Waals surface area (Å²) in [6.45, 7) is 4.35. The average Bonchev–Trinajstić information content (AvgIpc) is 3.63. The molecule has 15 nitrogen and oxygen atoms in total. The summed E-state index contributed by atoms with van der Waals surface area (Å²) >= 11 is 0. The summed E-state index contributed by atoms with van der Waals surface area (Å²) in [5.41, 5.74) is 2.68. The number of fused-ring (bicyclic) bond motifs is 2. The van der Waals surface area contributed by atoms with E-state index < -0.39 is 0 Å². The number of pyridine rings is 2. The van der Waals surface area contributed by atoms with E-state index in [1.54, 1.807) is 30.2 Å². The molecule has 0 aromatic carbocycles. The van der Waals surface area contributed by atoms with Gasteiger partial charge in [0.15, 0.2) is 22.6 Å². The molecule has 6 fully saturated rings. The normalized spacial score (nSPS) is 26.4. The lowest BCUT2D eigenvalue weighted by Crippen LogP contribution is -2.75. The first-order valence-corrected chi connectivity index (χ1v) is 18.1. The zero-order valence-electron chi connectivity index (χ0n) is 29.1. The van der Waals surface area contributed by atoms with Gasteiger partial charge in [-0.1, -0.05) is 6.92 Å². The van der Waals surface area contributed by atoms with Gasteiger partial charge in [-0.2, -0.15) is 0 Å². The molecule has 2 atom stereocenters. The summed E-state index contributed by atoms with van der Waals surface area (Å²) in [5.74, 6) is 0.556. The maximum Gasteiger partial charge on any atom is 0.276 e. The number of ether oxygens (including phenoxy) is 1. The van der Waals surface area contributed by atoms with Crippen LogP contribution in [-0.4, -0.2) is 94.2 Å². The quantitative estimate of drug-likeness (QED) is 0.264. The maximum atomic E-state index is 14.7. The zero-order chi connectivity index (χ0) is 35.2. The van der Waals surface area contributed by atoms with Crippen molar-refractivity contribution in [1.29, 1.82) is 0 Å². The van der Waals surface area contributed by atoms with Gasteiger partial charge in [0.2, 0.25) is 17.2 Å². The molecular weight excluding hydrogens is 652 g/mol. The van der Waals surface area contributed by atoms with Crippen LogP contribution in [0, 0.1) is 18.3 Å². The number of rotatable bonds is 9. The SMILES string of the molecule is CCc1c(N2CCN(C(=O)c3ncnc(C)c3O)[C@H]3CCC[C@@H]32)c(=O)c2nn(-c3ccnc(OC)c3)nc2n1CC(=O)NC12CC(C3CC3)(C1)C2. The van der Waals surface area contributed by atoms with Crippen LogP contribution in [0.3, 0.4) is 0 Å². The third-order valence-electron chi connectivity index (χ3n) is 12.2. The van der Waals surface area contributed by atoms with E-state index >= 15 is 0 Å². The molecule has 4 aromatic rings. The van der Waals surface area contributed by atoms with E-state index in [2.05, 4.69) is 25.2 Å². The molecule has 1 saturated heterocycles. The molecule has 1 aliphatic heterocycles. The Labute approximate surface area is 294 Å². The molecule has 2 N–H and O–H groups in total. The van der Waals surface area contributed by atoms with Gasteiger partial charge in [-0.25, -0.2) is 15.0 Å².